The van der Waals surface area contributed by atoms with E-state index in [1.807, 2.05) is 0 Å². The number of ether oxygens (including phenoxy) is 1. The Labute approximate surface area is 274 Å². The predicted octanol–water partition coefficient (Wildman–Crippen LogP) is 11.0. The Morgan fingerprint density at radius 1 is 0.477 bits per heavy atom. The number of hydrogen-bond acceptors (Lipinski definition) is 5. The SMILES string of the molecule is CCCCCCCCCCCCCCCCCC(O)C(CCCCCCCCCCCCCCCC)C(=O)OCC(O)CO. The van der Waals surface area contributed by atoms with E-state index in [1.54, 1.807) is 0 Å². The average molecular weight is 627 g/mol. The highest BCUT2D eigenvalue weighted by molar-refractivity contribution is 5.73. The van der Waals surface area contributed by atoms with Gasteiger partial charge in [-0.05, 0) is 12.8 Å². The maximum absolute atomic E-state index is 12.8. The minimum absolute atomic E-state index is 0.212. The maximum atomic E-state index is 12.8. The van der Waals surface area contributed by atoms with Crippen molar-refractivity contribution >= 4 is 5.97 Å². The molecule has 0 rings (SSSR count). The smallest absolute Gasteiger partial charge is 0.311 e. The normalized spacial score (nSPS) is 13.7. The second-order valence-corrected chi connectivity index (χ2v) is 13.8. The van der Waals surface area contributed by atoms with Gasteiger partial charge in [0, 0.05) is 0 Å². The Balaban J connectivity index is 3.99. The second-order valence-electron chi connectivity index (χ2n) is 13.8. The molecular weight excluding hydrogens is 548 g/mol. The Hall–Kier alpha value is -0.650. The molecule has 0 aromatic heterocycles. The van der Waals surface area contributed by atoms with Gasteiger partial charge in [0.2, 0.25) is 0 Å². The molecule has 0 spiro atoms. The van der Waals surface area contributed by atoms with Gasteiger partial charge in [-0.15, -0.1) is 0 Å². The lowest BCUT2D eigenvalue weighted by Crippen LogP contribution is -2.32. The van der Waals surface area contributed by atoms with E-state index in [1.165, 1.54) is 161 Å². The number of carbonyl (C=O) groups excluding carboxylic acids is 1. The van der Waals surface area contributed by atoms with Crippen LogP contribution in [0.4, 0.5) is 0 Å². The summed E-state index contributed by atoms with van der Waals surface area (Å²) in [4.78, 5) is 12.8. The summed E-state index contributed by atoms with van der Waals surface area (Å²) in [5.74, 6) is -0.967. The monoisotopic (exact) mass is 627 g/mol. The lowest BCUT2D eigenvalue weighted by atomic mass is 9.91. The van der Waals surface area contributed by atoms with E-state index in [4.69, 9.17) is 9.84 Å². The maximum Gasteiger partial charge on any atom is 0.311 e. The molecule has 0 aromatic carbocycles. The molecule has 5 heteroatoms. The third kappa shape index (κ3) is 30.0. The van der Waals surface area contributed by atoms with Crippen LogP contribution in [-0.4, -0.2) is 46.7 Å². The molecule has 3 N–H and O–H groups in total. The quantitative estimate of drug-likeness (QED) is 0.0476. The Morgan fingerprint density at radius 2 is 0.773 bits per heavy atom. The highest BCUT2D eigenvalue weighted by atomic mass is 16.5. The zero-order valence-electron chi connectivity index (χ0n) is 29.7. The molecule has 0 bridgehead atoms. The van der Waals surface area contributed by atoms with Crippen molar-refractivity contribution in [1.29, 1.82) is 0 Å². The fourth-order valence-corrected chi connectivity index (χ4v) is 6.29. The van der Waals surface area contributed by atoms with Gasteiger partial charge in [0.1, 0.15) is 12.7 Å². The standard InChI is InChI=1S/C39H78O5/c1-3-5-7-9-11-13-15-17-19-21-23-25-27-29-31-33-38(42)37(39(43)44-35-36(41)34-40)32-30-28-26-24-22-20-18-16-14-12-10-8-6-4-2/h36-38,40-42H,3-35H2,1-2H3. The van der Waals surface area contributed by atoms with E-state index in [0.717, 1.165) is 25.7 Å². The van der Waals surface area contributed by atoms with Crippen LogP contribution in [0.3, 0.4) is 0 Å². The van der Waals surface area contributed by atoms with Crippen molar-refractivity contribution in [1.82, 2.24) is 0 Å². The number of aliphatic hydroxyl groups excluding tert-OH is 3. The Morgan fingerprint density at radius 3 is 1.09 bits per heavy atom. The van der Waals surface area contributed by atoms with Crippen LogP contribution in [0, 0.1) is 5.92 Å². The fraction of sp³-hybridized carbons (Fsp3) is 0.974. The van der Waals surface area contributed by atoms with E-state index in [0.29, 0.717) is 12.8 Å². The van der Waals surface area contributed by atoms with Gasteiger partial charge in [-0.1, -0.05) is 200 Å². The molecule has 3 atom stereocenters. The predicted molar refractivity (Wildman–Crippen MR) is 188 cm³/mol. The second kappa shape index (κ2) is 35.2. The summed E-state index contributed by atoms with van der Waals surface area (Å²) >= 11 is 0. The molecule has 0 heterocycles. The summed E-state index contributed by atoms with van der Waals surface area (Å²) < 4.78 is 5.27. The number of aliphatic hydroxyl groups is 3. The highest BCUT2D eigenvalue weighted by Crippen LogP contribution is 2.22. The molecule has 0 fully saturated rings. The molecule has 5 nitrogen and oxygen atoms in total. The van der Waals surface area contributed by atoms with Crippen LogP contribution in [0.2, 0.25) is 0 Å². The zero-order valence-corrected chi connectivity index (χ0v) is 29.7. The fourth-order valence-electron chi connectivity index (χ4n) is 6.29. The first-order chi connectivity index (χ1) is 21.6. The molecule has 0 saturated carbocycles. The molecule has 264 valence electrons. The summed E-state index contributed by atoms with van der Waals surface area (Å²) in [6.45, 7) is 3.90. The van der Waals surface area contributed by atoms with Crippen molar-refractivity contribution in [2.45, 2.75) is 225 Å². The van der Waals surface area contributed by atoms with Crippen molar-refractivity contribution in [3.8, 4) is 0 Å². The van der Waals surface area contributed by atoms with Gasteiger partial charge in [-0.3, -0.25) is 4.79 Å². The lowest BCUT2D eigenvalue weighted by molar-refractivity contribution is -0.156. The van der Waals surface area contributed by atoms with Gasteiger partial charge in [0.05, 0.1) is 18.6 Å². The summed E-state index contributed by atoms with van der Waals surface area (Å²) in [6.07, 6.45) is 37.2. The zero-order chi connectivity index (χ0) is 32.4. The Bertz CT molecular complexity index is 569. The van der Waals surface area contributed by atoms with Gasteiger partial charge in [-0.25, -0.2) is 0 Å². The van der Waals surface area contributed by atoms with Gasteiger partial charge in [-0.2, -0.15) is 0 Å². The summed E-state index contributed by atoms with van der Waals surface area (Å²) in [5.41, 5.74) is 0. The van der Waals surface area contributed by atoms with Crippen LogP contribution < -0.4 is 0 Å². The topological polar surface area (TPSA) is 87.0 Å². The average Bonchev–Trinajstić information content (AvgIpc) is 3.03. The molecular formula is C39H78O5. The third-order valence-electron chi connectivity index (χ3n) is 9.37. The van der Waals surface area contributed by atoms with E-state index >= 15 is 0 Å². The van der Waals surface area contributed by atoms with E-state index in [9.17, 15) is 15.0 Å². The van der Waals surface area contributed by atoms with Gasteiger partial charge < -0.3 is 20.1 Å². The summed E-state index contributed by atoms with van der Waals surface area (Å²) in [5, 5.41) is 29.5. The molecule has 0 aliphatic heterocycles. The number of esters is 1. The van der Waals surface area contributed by atoms with Gasteiger partial charge in [0.15, 0.2) is 0 Å². The van der Waals surface area contributed by atoms with E-state index in [-0.39, 0.29) is 6.61 Å². The van der Waals surface area contributed by atoms with Crippen molar-refractivity contribution in [2.75, 3.05) is 13.2 Å². The molecule has 0 aliphatic carbocycles. The minimum atomic E-state index is -1.06. The molecule has 0 amide bonds. The number of unbranched alkanes of at least 4 members (excludes halogenated alkanes) is 27. The molecule has 3 unspecified atom stereocenters. The molecule has 0 aromatic rings. The van der Waals surface area contributed by atoms with Crippen LogP contribution in [0.5, 0.6) is 0 Å². The van der Waals surface area contributed by atoms with Crippen molar-refractivity contribution in [2.24, 2.45) is 5.92 Å². The first-order valence-electron chi connectivity index (χ1n) is 19.7. The Kier molecular flexibility index (Phi) is 34.7. The first kappa shape index (κ1) is 43.4. The summed E-state index contributed by atoms with van der Waals surface area (Å²) in [6, 6.07) is 0. The van der Waals surface area contributed by atoms with Crippen molar-refractivity contribution in [3.05, 3.63) is 0 Å². The highest BCUT2D eigenvalue weighted by Gasteiger charge is 2.28. The molecule has 0 radical (unpaired) electrons. The van der Waals surface area contributed by atoms with E-state index < -0.39 is 30.7 Å². The molecule has 0 saturated heterocycles. The largest absolute Gasteiger partial charge is 0.463 e. The molecule has 44 heavy (non-hydrogen) atoms. The summed E-state index contributed by atoms with van der Waals surface area (Å²) in [7, 11) is 0. The first-order valence-corrected chi connectivity index (χ1v) is 19.7. The van der Waals surface area contributed by atoms with Crippen molar-refractivity contribution in [3.63, 3.8) is 0 Å². The van der Waals surface area contributed by atoms with Crippen LogP contribution in [-0.2, 0) is 9.53 Å². The van der Waals surface area contributed by atoms with Gasteiger partial charge in [0.25, 0.3) is 0 Å². The number of carbonyl (C=O) groups is 1. The van der Waals surface area contributed by atoms with Crippen LogP contribution in [0.25, 0.3) is 0 Å². The van der Waals surface area contributed by atoms with Crippen LogP contribution in [0.1, 0.15) is 213 Å². The van der Waals surface area contributed by atoms with E-state index in [2.05, 4.69) is 13.8 Å². The lowest BCUT2D eigenvalue weighted by Gasteiger charge is -2.22. The minimum Gasteiger partial charge on any atom is -0.463 e. The molecule has 0 aliphatic rings. The third-order valence-corrected chi connectivity index (χ3v) is 9.37. The number of hydrogen-bond donors (Lipinski definition) is 3. The van der Waals surface area contributed by atoms with Crippen LogP contribution >= 0.6 is 0 Å². The van der Waals surface area contributed by atoms with Gasteiger partial charge >= 0.3 is 5.97 Å². The van der Waals surface area contributed by atoms with Crippen molar-refractivity contribution < 1.29 is 24.9 Å². The number of rotatable bonds is 36. The van der Waals surface area contributed by atoms with Crippen LogP contribution in [0.15, 0.2) is 0 Å².